The second kappa shape index (κ2) is 7.73. The number of nitrogens with one attached hydrogen (secondary N) is 2. The zero-order chi connectivity index (χ0) is 16.0. The molecule has 0 spiro atoms. The molecule has 0 aromatic heterocycles. The fraction of sp³-hybridized carbons (Fsp3) is 0.429. The number of hydrogen-bond donors (Lipinski definition) is 3. The highest BCUT2D eigenvalue weighted by Crippen LogP contribution is 2.27. The van der Waals surface area contributed by atoms with Gasteiger partial charge in [-0.25, -0.2) is 4.79 Å². The van der Waals surface area contributed by atoms with Crippen molar-refractivity contribution < 1.29 is 19.4 Å². The molecule has 0 saturated carbocycles. The number of carbonyl (C=O) groups excluding carboxylic acids is 1. The normalized spacial score (nSPS) is 11.9. The lowest BCUT2D eigenvalue weighted by Crippen LogP contribution is -2.46. The molecule has 1 aromatic rings. The lowest BCUT2D eigenvalue weighted by Gasteiger charge is -2.18. The molecular weight excluding hydrogens is 296 g/mol. The molecular formula is C14H19ClN2O4. The standard InChI is InChI=1S/C14H19ClN2O4/c1-8(2)13(14(19)20)17-12(18)7-16-10-6-9(15)4-5-11(10)21-3/h4-6,8,13,16H,7H2,1-3H3,(H,17,18)(H,19,20)/t13-/m0/s1. The minimum Gasteiger partial charge on any atom is -0.495 e. The predicted octanol–water partition coefficient (Wildman–Crippen LogP) is 1.99. The van der Waals surface area contributed by atoms with Gasteiger partial charge in [0.05, 0.1) is 19.3 Å². The van der Waals surface area contributed by atoms with Crippen LogP contribution in [0, 0.1) is 5.92 Å². The molecule has 1 rings (SSSR count). The summed E-state index contributed by atoms with van der Waals surface area (Å²) >= 11 is 5.88. The molecule has 7 heteroatoms. The van der Waals surface area contributed by atoms with Gasteiger partial charge in [0, 0.05) is 5.02 Å². The summed E-state index contributed by atoms with van der Waals surface area (Å²) in [7, 11) is 1.51. The van der Waals surface area contributed by atoms with Crippen LogP contribution in [0.2, 0.25) is 5.02 Å². The van der Waals surface area contributed by atoms with Crippen molar-refractivity contribution in [3.05, 3.63) is 23.2 Å². The van der Waals surface area contributed by atoms with Crippen LogP contribution in [-0.2, 0) is 9.59 Å². The third-order valence-corrected chi connectivity index (χ3v) is 3.09. The van der Waals surface area contributed by atoms with E-state index in [-0.39, 0.29) is 12.5 Å². The van der Waals surface area contributed by atoms with Crippen molar-refractivity contribution in [3.63, 3.8) is 0 Å². The van der Waals surface area contributed by atoms with E-state index in [2.05, 4.69) is 10.6 Å². The van der Waals surface area contributed by atoms with Crippen LogP contribution in [0.15, 0.2) is 18.2 Å². The van der Waals surface area contributed by atoms with Crippen LogP contribution >= 0.6 is 11.6 Å². The van der Waals surface area contributed by atoms with Gasteiger partial charge in [-0.15, -0.1) is 0 Å². The quantitative estimate of drug-likeness (QED) is 0.716. The van der Waals surface area contributed by atoms with Crippen molar-refractivity contribution in [2.24, 2.45) is 5.92 Å². The molecule has 0 heterocycles. The molecule has 3 N–H and O–H groups in total. The summed E-state index contributed by atoms with van der Waals surface area (Å²) in [4.78, 5) is 22.8. The highest BCUT2D eigenvalue weighted by molar-refractivity contribution is 6.30. The summed E-state index contributed by atoms with van der Waals surface area (Å²) in [6, 6.07) is 4.06. The maximum absolute atomic E-state index is 11.8. The van der Waals surface area contributed by atoms with Crippen LogP contribution in [0.3, 0.4) is 0 Å². The summed E-state index contributed by atoms with van der Waals surface area (Å²) in [5.41, 5.74) is 0.566. The second-order valence-electron chi connectivity index (χ2n) is 4.83. The molecule has 116 valence electrons. The number of rotatable bonds is 7. The van der Waals surface area contributed by atoms with E-state index >= 15 is 0 Å². The third kappa shape index (κ3) is 5.15. The molecule has 0 aliphatic rings. The molecule has 0 saturated heterocycles. The average molecular weight is 315 g/mol. The molecule has 0 radical (unpaired) electrons. The number of aliphatic carboxylic acids is 1. The Morgan fingerprint density at radius 3 is 2.57 bits per heavy atom. The Balaban J connectivity index is 2.65. The number of amides is 1. The molecule has 6 nitrogen and oxygen atoms in total. The van der Waals surface area contributed by atoms with Gasteiger partial charge in [-0.2, -0.15) is 0 Å². The van der Waals surface area contributed by atoms with E-state index in [0.717, 1.165) is 0 Å². The first-order valence-corrected chi connectivity index (χ1v) is 6.82. The fourth-order valence-corrected chi connectivity index (χ4v) is 1.90. The summed E-state index contributed by atoms with van der Waals surface area (Å²) in [5.74, 6) is -1.13. The smallest absolute Gasteiger partial charge is 0.326 e. The molecule has 0 unspecified atom stereocenters. The van der Waals surface area contributed by atoms with Crippen LogP contribution in [0.25, 0.3) is 0 Å². The van der Waals surface area contributed by atoms with Crippen LogP contribution in [0.4, 0.5) is 5.69 Å². The Kier molecular flexibility index (Phi) is 6.30. The van der Waals surface area contributed by atoms with E-state index in [9.17, 15) is 9.59 Å². The number of anilines is 1. The number of ether oxygens (including phenoxy) is 1. The first-order valence-electron chi connectivity index (χ1n) is 6.44. The number of methoxy groups -OCH3 is 1. The summed E-state index contributed by atoms with van der Waals surface area (Å²) in [5, 5.41) is 14.9. The van der Waals surface area contributed by atoms with Gasteiger partial charge in [0.15, 0.2) is 0 Å². The van der Waals surface area contributed by atoms with E-state index < -0.39 is 17.9 Å². The van der Waals surface area contributed by atoms with E-state index in [1.807, 2.05) is 0 Å². The highest BCUT2D eigenvalue weighted by Gasteiger charge is 2.23. The van der Waals surface area contributed by atoms with Crippen LogP contribution in [-0.4, -0.2) is 36.7 Å². The molecule has 0 bridgehead atoms. The first-order chi connectivity index (χ1) is 9.85. The van der Waals surface area contributed by atoms with Crippen molar-refractivity contribution in [2.75, 3.05) is 19.0 Å². The van der Waals surface area contributed by atoms with Crippen molar-refractivity contribution in [2.45, 2.75) is 19.9 Å². The van der Waals surface area contributed by atoms with Gasteiger partial charge < -0.3 is 20.5 Å². The van der Waals surface area contributed by atoms with Crippen LogP contribution in [0.5, 0.6) is 5.75 Å². The Bertz CT molecular complexity index is 520. The van der Waals surface area contributed by atoms with Crippen molar-refractivity contribution in [1.29, 1.82) is 0 Å². The number of halogens is 1. The average Bonchev–Trinajstić information content (AvgIpc) is 2.42. The van der Waals surface area contributed by atoms with Gasteiger partial charge in [-0.3, -0.25) is 4.79 Å². The topological polar surface area (TPSA) is 87.7 Å². The Hall–Kier alpha value is -1.95. The van der Waals surface area contributed by atoms with Gasteiger partial charge in [0.2, 0.25) is 5.91 Å². The Morgan fingerprint density at radius 1 is 1.38 bits per heavy atom. The molecule has 1 amide bonds. The van der Waals surface area contributed by atoms with E-state index in [0.29, 0.717) is 16.5 Å². The minimum atomic E-state index is -1.06. The lowest BCUT2D eigenvalue weighted by atomic mass is 10.1. The zero-order valence-electron chi connectivity index (χ0n) is 12.1. The minimum absolute atomic E-state index is 0.0762. The van der Waals surface area contributed by atoms with Gasteiger partial charge in [0.1, 0.15) is 11.8 Å². The maximum atomic E-state index is 11.8. The largest absolute Gasteiger partial charge is 0.495 e. The van der Waals surface area contributed by atoms with E-state index in [1.165, 1.54) is 7.11 Å². The van der Waals surface area contributed by atoms with Crippen molar-refractivity contribution >= 4 is 29.2 Å². The Morgan fingerprint density at radius 2 is 2.05 bits per heavy atom. The van der Waals surface area contributed by atoms with Gasteiger partial charge in [-0.05, 0) is 24.1 Å². The number of carboxylic acid groups (broad SMARTS) is 1. The molecule has 0 aliphatic heterocycles. The summed E-state index contributed by atoms with van der Waals surface area (Å²) in [6.45, 7) is 3.38. The highest BCUT2D eigenvalue weighted by atomic mass is 35.5. The van der Waals surface area contributed by atoms with Gasteiger partial charge >= 0.3 is 5.97 Å². The monoisotopic (exact) mass is 314 g/mol. The Labute approximate surface area is 128 Å². The fourth-order valence-electron chi connectivity index (χ4n) is 1.73. The lowest BCUT2D eigenvalue weighted by molar-refractivity contribution is -0.142. The van der Waals surface area contributed by atoms with Crippen LogP contribution < -0.4 is 15.4 Å². The van der Waals surface area contributed by atoms with Crippen molar-refractivity contribution in [1.82, 2.24) is 5.32 Å². The number of benzene rings is 1. The third-order valence-electron chi connectivity index (χ3n) is 2.85. The molecule has 1 aromatic carbocycles. The van der Waals surface area contributed by atoms with Gasteiger partial charge in [-0.1, -0.05) is 25.4 Å². The number of hydrogen-bond acceptors (Lipinski definition) is 4. The molecule has 0 fully saturated rings. The van der Waals surface area contributed by atoms with Crippen LogP contribution in [0.1, 0.15) is 13.8 Å². The zero-order valence-corrected chi connectivity index (χ0v) is 12.9. The maximum Gasteiger partial charge on any atom is 0.326 e. The summed E-state index contributed by atoms with van der Waals surface area (Å²) in [6.07, 6.45) is 0. The second-order valence-corrected chi connectivity index (χ2v) is 5.26. The first kappa shape index (κ1) is 17.1. The predicted molar refractivity (Wildman–Crippen MR) is 80.9 cm³/mol. The van der Waals surface area contributed by atoms with Gasteiger partial charge in [0.25, 0.3) is 0 Å². The SMILES string of the molecule is COc1ccc(Cl)cc1NCC(=O)N[C@H](C(=O)O)C(C)C. The number of carboxylic acids is 1. The molecule has 21 heavy (non-hydrogen) atoms. The van der Waals surface area contributed by atoms with E-state index in [1.54, 1.807) is 32.0 Å². The molecule has 1 atom stereocenters. The summed E-state index contributed by atoms with van der Waals surface area (Å²) < 4.78 is 5.14. The van der Waals surface area contributed by atoms with E-state index in [4.69, 9.17) is 21.4 Å². The number of carbonyl (C=O) groups is 2. The molecule has 0 aliphatic carbocycles. The van der Waals surface area contributed by atoms with Crippen molar-refractivity contribution in [3.8, 4) is 5.75 Å².